The molecule has 0 saturated carbocycles. The van der Waals surface area contributed by atoms with E-state index >= 15 is 0 Å². The fraction of sp³-hybridized carbons (Fsp3) is 0.400. The Morgan fingerprint density at radius 3 is 2.55 bits per heavy atom. The van der Waals surface area contributed by atoms with Gasteiger partial charge in [0.2, 0.25) is 17.8 Å². The number of amides is 2. The minimum Gasteiger partial charge on any atom is -0.483 e. The Balaban J connectivity index is 1.53. The smallest absolute Gasteiger partial charge is 0.276 e. The predicted molar refractivity (Wildman–Crippen MR) is 125 cm³/mol. The van der Waals surface area contributed by atoms with Crippen molar-refractivity contribution in [2.75, 3.05) is 36.1 Å². The maximum absolute atomic E-state index is 12.2. The number of anilines is 2. The van der Waals surface area contributed by atoms with Crippen LogP contribution < -0.4 is 26.2 Å². The number of thioether (sulfide) groups is 1. The predicted octanol–water partition coefficient (Wildman–Crippen LogP) is 1.32. The lowest BCUT2D eigenvalue weighted by molar-refractivity contribution is -0.128. The van der Waals surface area contributed by atoms with Crippen LogP contribution in [-0.2, 0) is 9.59 Å². The first-order chi connectivity index (χ1) is 15.9. The molecule has 0 fully saturated rings. The van der Waals surface area contributed by atoms with Crippen molar-refractivity contribution >= 4 is 41.3 Å². The standard InChI is InChI=1S/C20H27N9O3S/c1-5-21-17-23-18(22-6-2)29-19(24-17)27-28-20(29)33-11-16(31)26-25-15(30)10-32-14-9-12(3)7-8-13(14)4/h7-9H,5-6,10-11H2,1-4H3,(H,25,30)(H,26,31)(H2,21,22,23,24,27). The number of hydrazine groups is 1. The number of hydrogen-bond acceptors (Lipinski definition) is 10. The van der Waals surface area contributed by atoms with Crippen molar-refractivity contribution in [2.24, 2.45) is 0 Å². The molecule has 176 valence electrons. The first kappa shape index (κ1) is 24.0. The van der Waals surface area contributed by atoms with Crippen molar-refractivity contribution in [1.82, 2.24) is 35.4 Å². The molecule has 0 aliphatic heterocycles. The molecule has 0 atom stereocenters. The molecule has 0 bridgehead atoms. The zero-order valence-corrected chi connectivity index (χ0v) is 19.7. The molecular weight excluding hydrogens is 446 g/mol. The van der Waals surface area contributed by atoms with Crippen molar-refractivity contribution in [1.29, 1.82) is 0 Å². The molecule has 2 amide bonds. The summed E-state index contributed by atoms with van der Waals surface area (Å²) in [6.45, 7) is 8.81. The molecule has 3 rings (SSSR count). The van der Waals surface area contributed by atoms with Gasteiger partial charge in [-0.05, 0) is 44.9 Å². The summed E-state index contributed by atoms with van der Waals surface area (Å²) in [5, 5.41) is 14.8. The van der Waals surface area contributed by atoms with Gasteiger partial charge in [0.25, 0.3) is 11.7 Å². The van der Waals surface area contributed by atoms with Gasteiger partial charge in [0, 0.05) is 13.1 Å². The van der Waals surface area contributed by atoms with Gasteiger partial charge >= 0.3 is 0 Å². The van der Waals surface area contributed by atoms with Crippen LogP contribution in [-0.4, -0.2) is 61.8 Å². The fourth-order valence-electron chi connectivity index (χ4n) is 2.75. The minimum absolute atomic E-state index is 0.000551. The Morgan fingerprint density at radius 1 is 1.03 bits per heavy atom. The van der Waals surface area contributed by atoms with E-state index in [2.05, 4.69) is 41.7 Å². The van der Waals surface area contributed by atoms with Crippen molar-refractivity contribution in [3.8, 4) is 5.75 Å². The van der Waals surface area contributed by atoms with E-state index in [1.165, 1.54) is 0 Å². The molecular formula is C20H27N9O3S. The van der Waals surface area contributed by atoms with Crippen LogP contribution in [0, 0.1) is 13.8 Å². The number of aryl methyl sites for hydroxylation is 2. The topological polar surface area (TPSA) is 147 Å². The van der Waals surface area contributed by atoms with Gasteiger partial charge in [-0.3, -0.25) is 20.4 Å². The number of rotatable bonds is 10. The van der Waals surface area contributed by atoms with Crippen LogP contribution in [0.3, 0.4) is 0 Å². The first-order valence-corrected chi connectivity index (χ1v) is 11.4. The number of ether oxygens (including phenoxy) is 1. The number of carbonyl (C=O) groups excluding carboxylic acids is 2. The lowest BCUT2D eigenvalue weighted by atomic mass is 10.1. The average Bonchev–Trinajstić information content (AvgIpc) is 3.20. The summed E-state index contributed by atoms with van der Waals surface area (Å²) >= 11 is 1.14. The van der Waals surface area contributed by atoms with E-state index in [-0.39, 0.29) is 12.4 Å². The molecule has 12 nitrogen and oxygen atoms in total. The molecule has 0 saturated heterocycles. The highest BCUT2D eigenvalue weighted by atomic mass is 32.2. The Bertz CT molecular complexity index is 1140. The van der Waals surface area contributed by atoms with Gasteiger partial charge in [-0.15, -0.1) is 10.2 Å². The maximum atomic E-state index is 12.2. The second-order valence-corrected chi connectivity index (χ2v) is 7.93. The Hall–Kier alpha value is -3.61. The summed E-state index contributed by atoms with van der Waals surface area (Å²) in [4.78, 5) is 32.9. The van der Waals surface area contributed by atoms with Gasteiger partial charge in [0.15, 0.2) is 11.8 Å². The van der Waals surface area contributed by atoms with E-state index in [0.717, 1.165) is 22.9 Å². The largest absolute Gasteiger partial charge is 0.483 e. The lowest BCUT2D eigenvalue weighted by Gasteiger charge is -2.11. The Morgan fingerprint density at radius 2 is 1.79 bits per heavy atom. The Labute approximate surface area is 195 Å². The summed E-state index contributed by atoms with van der Waals surface area (Å²) in [6, 6.07) is 5.74. The van der Waals surface area contributed by atoms with Crippen molar-refractivity contribution < 1.29 is 14.3 Å². The van der Waals surface area contributed by atoms with Crippen LogP contribution >= 0.6 is 11.8 Å². The summed E-state index contributed by atoms with van der Waals surface area (Å²) in [6.07, 6.45) is 0. The monoisotopic (exact) mass is 473 g/mol. The summed E-state index contributed by atoms with van der Waals surface area (Å²) in [7, 11) is 0. The fourth-order valence-corrected chi connectivity index (χ4v) is 3.47. The second kappa shape index (κ2) is 11.3. The number of hydrogen-bond donors (Lipinski definition) is 4. The van der Waals surface area contributed by atoms with Gasteiger partial charge in [0.05, 0.1) is 5.75 Å². The highest BCUT2D eigenvalue weighted by Gasteiger charge is 2.16. The SMILES string of the molecule is CCNc1nc(NCC)n2c(SCC(=O)NNC(=O)COc3cc(C)ccc3C)nnc2n1. The normalized spacial score (nSPS) is 10.7. The van der Waals surface area contributed by atoms with E-state index in [0.29, 0.717) is 41.7 Å². The number of fused-ring (bicyclic) bond motifs is 1. The maximum Gasteiger partial charge on any atom is 0.276 e. The van der Waals surface area contributed by atoms with Crippen molar-refractivity contribution in [3.05, 3.63) is 29.3 Å². The van der Waals surface area contributed by atoms with Crippen LogP contribution in [0.2, 0.25) is 0 Å². The number of aromatic nitrogens is 5. The van der Waals surface area contributed by atoms with Crippen molar-refractivity contribution in [2.45, 2.75) is 32.9 Å². The zero-order valence-electron chi connectivity index (χ0n) is 18.9. The lowest BCUT2D eigenvalue weighted by Crippen LogP contribution is -2.44. The minimum atomic E-state index is -0.471. The van der Waals surface area contributed by atoms with Gasteiger partial charge in [-0.1, -0.05) is 23.9 Å². The number of nitrogens with zero attached hydrogens (tertiary/aromatic N) is 5. The highest BCUT2D eigenvalue weighted by molar-refractivity contribution is 7.99. The third-order valence-corrected chi connectivity index (χ3v) is 5.22. The third kappa shape index (κ3) is 6.44. The second-order valence-electron chi connectivity index (χ2n) is 6.99. The van der Waals surface area contributed by atoms with Crippen LogP contribution in [0.25, 0.3) is 5.78 Å². The van der Waals surface area contributed by atoms with E-state index < -0.39 is 11.8 Å². The van der Waals surface area contributed by atoms with E-state index in [9.17, 15) is 9.59 Å². The van der Waals surface area contributed by atoms with E-state index in [4.69, 9.17) is 4.74 Å². The summed E-state index contributed by atoms with van der Waals surface area (Å²) in [5.74, 6) is 1.06. The van der Waals surface area contributed by atoms with Crippen LogP contribution in [0.5, 0.6) is 5.75 Å². The molecule has 0 spiro atoms. The summed E-state index contributed by atoms with van der Waals surface area (Å²) < 4.78 is 7.16. The highest BCUT2D eigenvalue weighted by Crippen LogP contribution is 2.21. The molecule has 0 radical (unpaired) electrons. The van der Waals surface area contributed by atoms with Gasteiger partial charge in [0.1, 0.15) is 5.75 Å². The van der Waals surface area contributed by atoms with Gasteiger partial charge in [-0.2, -0.15) is 9.97 Å². The third-order valence-electron chi connectivity index (χ3n) is 4.29. The summed E-state index contributed by atoms with van der Waals surface area (Å²) in [5.41, 5.74) is 6.66. The molecule has 2 heterocycles. The number of benzene rings is 1. The molecule has 0 aliphatic rings. The molecule has 13 heteroatoms. The molecule has 1 aromatic carbocycles. The Kier molecular flexibility index (Phi) is 8.24. The van der Waals surface area contributed by atoms with E-state index in [1.807, 2.05) is 45.9 Å². The molecule has 0 aliphatic carbocycles. The molecule has 33 heavy (non-hydrogen) atoms. The molecule has 3 aromatic rings. The average molecular weight is 474 g/mol. The van der Waals surface area contributed by atoms with Crippen LogP contribution in [0.4, 0.5) is 11.9 Å². The van der Waals surface area contributed by atoms with Crippen LogP contribution in [0.1, 0.15) is 25.0 Å². The zero-order chi connectivity index (χ0) is 23.8. The van der Waals surface area contributed by atoms with Crippen LogP contribution in [0.15, 0.2) is 23.4 Å². The first-order valence-electron chi connectivity index (χ1n) is 10.4. The molecule has 0 unspecified atom stereocenters. The quantitative estimate of drug-likeness (QED) is 0.251. The number of carbonyl (C=O) groups is 2. The van der Waals surface area contributed by atoms with Gasteiger partial charge < -0.3 is 15.4 Å². The van der Waals surface area contributed by atoms with E-state index in [1.54, 1.807) is 4.40 Å². The van der Waals surface area contributed by atoms with Crippen molar-refractivity contribution in [3.63, 3.8) is 0 Å². The molecule has 4 N–H and O–H groups in total. The number of nitrogens with one attached hydrogen (secondary N) is 4. The molecule has 2 aromatic heterocycles. The van der Waals surface area contributed by atoms with Gasteiger partial charge in [-0.25, -0.2) is 4.40 Å².